The van der Waals surface area contributed by atoms with Crippen LogP contribution in [0.2, 0.25) is 5.02 Å². The molecule has 2 atom stereocenters. The first kappa shape index (κ1) is 16.4. The van der Waals surface area contributed by atoms with Crippen LogP contribution in [0.1, 0.15) is 47.7 Å². The lowest BCUT2D eigenvalue weighted by Gasteiger charge is -2.31. The third kappa shape index (κ3) is 2.67. The minimum atomic E-state index is 0.618. The standard InChI is InChI=1S/C23H25ClN2/c1-16-9-10-21-20(13-16)19-7-3-8-22-23(19)26(21)12-4-11-25(22)15-17-5-2-6-18(24)14-17/h2,5-6,9-10,13-14,22H,3-4,7-8,11-12,15H2,1H3/p+1/t22-/m0/s1. The number of hydrogen-bond acceptors (Lipinski definition) is 0. The summed E-state index contributed by atoms with van der Waals surface area (Å²) in [6.07, 6.45) is 5.10. The van der Waals surface area contributed by atoms with Gasteiger partial charge >= 0.3 is 0 Å². The second-order valence-electron chi connectivity index (χ2n) is 8.05. The molecule has 1 aliphatic carbocycles. The minimum absolute atomic E-state index is 0.618. The van der Waals surface area contributed by atoms with E-state index in [2.05, 4.69) is 47.9 Å². The monoisotopic (exact) mass is 365 g/mol. The van der Waals surface area contributed by atoms with Gasteiger partial charge in [0.05, 0.1) is 12.2 Å². The van der Waals surface area contributed by atoms with Crippen LogP contribution in [0.15, 0.2) is 42.5 Å². The summed E-state index contributed by atoms with van der Waals surface area (Å²) in [6, 6.07) is 16.1. The van der Waals surface area contributed by atoms with Gasteiger partial charge in [0.1, 0.15) is 12.6 Å². The van der Waals surface area contributed by atoms with Crippen molar-refractivity contribution in [2.24, 2.45) is 0 Å². The summed E-state index contributed by atoms with van der Waals surface area (Å²) < 4.78 is 2.65. The molecule has 2 heterocycles. The fourth-order valence-corrected chi connectivity index (χ4v) is 5.45. The highest BCUT2D eigenvalue weighted by Gasteiger charge is 2.36. The lowest BCUT2D eigenvalue weighted by molar-refractivity contribution is -0.945. The summed E-state index contributed by atoms with van der Waals surface area (Å²) in [5.74, 6) is 0. The maximum absolute atomic E-state index is 6.24. The van der Waals surface area contributed by atoms with E-state index in [0.717, 1.165) is 18.1 Å². The Morgan fingerprint density at radius 1 is 1.15 bits per heavy atom. The molecule has 0 radical (unpaired) electrons. The van der Waals surface area contributed by atoms with Crippen molar-refractivity contribution < 1.29 is 4.90 Å². The second kappa shape index (κ2) is 6.44. The number of quaternary nitrogens is 1. The normalized spacial score (nSPS) is 22.2. The van der Waals surface area contributed by atoms with Crippen LogP contribution in [0.4, 0.5) is 0 Å². The van der Waals surface area contributed by atoms with Crippen LogP contribution in [0.5, 0.6) is 0 Å². The first-order chi connectivity index (χ1) is 12.7. The van der Waals surface area contributed by atoms with Crippen molar-refractivity contribution in [3.05, 3.63) is 69.9 Å². The van der Waals surface area contributed by atoms with Gasteiger partial charge in [-0.3, -0.25) is 0 Å². The molecule has 0 bridgehead atoms. The number of aryl methyl sites for hydroxylation is 3. The predicted octanol–water partition coefficient (Wildman–Crippen LogP) is 4.47. The van der Waals surface area contributed by atoms with Crippen LogP contribution in [0.3, 0.4) is 0 Å². The molecule has 0 saturated carbocycles. The van der Waals surface area contributed by atoms with E-state index < -0.39 is 0 Å². The van der Waals surface area contributed by atoms with Crippen LogP contribution in [0, 0.1) is 6.92 Å². The van der Waals surface area contributed by atoms with Crippen molar-refractivity contribution in [1.82, 2.24) is 4.57 Å². The van der Waals surface area contributed by atoms with Crippen molar-refractivity contribution in [1.29, 1.82) is 0 Å². The SMILES string of the molecule is Cc1ccc2c(c1)c1c3n2CCC[NH+](Cc2cccc(Cl)c2)[C@H]3CCC1. The smallest absolute Gasteiger partial charge is 0.129 e. The molecule has 1 aromatic heterocycles. The molecule has 0 amide bonds. The van der Waals surface area contributed by atoms with Gasteiger partial charge in [0.15, 0.2) is 0 Å². The molecular formula is C23H26ClN2+. The molecule has 2 aromatic carbocycles. The van der Waals surface area contributed by atoms with E-state index in [1.165, 1.54) is 54.3 Å². The van der Waals surface area contributed by atoms with Crippen molar-refractivity contribution in [2.75, 3.05) is 6.54 Å². The topological polar surface area (TPSA) is 9.37 Å². The molecule has 3 heteroatoms. The van der Waals surface area contributed by atoms with E-state index in [1.807, 2.05) is 6.07 Å². The first-order valence-electron chi connectivity index (χ1n) is 9.91. The lowest BCUT2D eigenvalue weighted by atomic mass is 9.90. The third-order valence-corrected chi connectivity index (χ3v) is 6.55. The van der Waals surface area contributed by atoms with Gasteiger partial charge in [-0.2, -0.15) is 0 Å². The zero-order valence-corrected chi connectivity index (χ0v) is 16.1. The number of rotatable bonds is 2. The molecule has 0 saturated heterocycles. The molecular weight excluding hydrogens is 340 g/mol. The van der Waals surface area contributed by atoms with Crippen LogP contribution in [-0.4, -0.2) is 11.1 Å². The van der Waals surface area contributed by atoms with Gasteiger partial charge < -0.3 is 9.47 Å². The second-order valence-corrected chi connectivity index (χ2v) is 8.49. The van der Waals surface area contributed by atoms with Gasteiger partial charge in [-0.1, -0.05) is 35.4 Å². The van der Waals surface area contributed by atoms with Crippen LogP contribution < -0.4 is 4.90 Å². The van der Waals surface area contributed by atoms with Gasteiger partial charge in [-0.15, -0.1) is 0 Å². The fourth-order valence-electron chi connectivity index (χ4n) is 5.24. The van der Waals surface area contributed by atoms with Gasteiger partial charge in [0, 0.05) is 40.9 Å². The average molecular weight is 366 g/mol. The molecule has 0 spiro atoms. The first-order valence-corrected chi connectivity index (χ1v) is 10.3. The average Bonchev–Trinajstić information content (AvgIpc) is 2.82. The Bertz CT molecular complexity index is 968. The number of nitrogens with one attached hydrogen (secondary N) is 1. The summed E-state index contributed by atoms with van der Waals surface area (Å²) in [4.78, 5) is 1.71. The highest BCUT2D eigenvalue weighted by Crippen LogP contribution is 2.37. The van der Waals surface area contributed by atoms with Crippen molar-refractivity contribution in [3.8, 4) is 0 Å². The quantitative estimate of drug-likeness (QED) is 0.686. The van der Waals surface area contributed by atoms with Crippen molar-refractivity contribution in [3.63, 3.8) is 0 Å². The van der Waals surface area contributed by atoms with E-state index in [1.54, 1.807) is 16.2 Å². The molecule has 1 aliphatic heterocycles. The fraction of sp³-hybridized carbons (Fsp3) is 0.391. The van der Waals surface area contributed by atoms with E-state index in [9.17, 15) is 0 Å². The Kier molecular flexibility index (Phi) is 4.06. The number of nitrogens with zero attached hydrogens (tertiary/aromatic N) is 1. The number of hydrogen-bond donors (Lipinski definition) is 1. The van der Waals surface area contributed by atoms with Gasteiger partial charge in [-0.05, 0) is 49.6 Å². The van der Waals surface area contributed by atoms with Crippen LogP contribution >= 0.6 is 11.6 Å². The molecule has 0 fully saturated rings. The molecule has 26 heavy (non-hydrogen) atoms. The van der Waals surface area contributed by atoms with E-state index in [4.69, 9.17) is 11.6 Å². The highest BCUT2D eigenvalue weighted by molar-refractivity contribution is 6.30. The molecule has 3 aromatic rings. The largest absolute Gasteiger partial charge is 0.339 e. The Hall–Kier alpha value is -1.77. The molecule has 2 nitrogen and oxygen atoms in total. The molecule has 5 rings (SSSR count). The maximum Gasteiger partial charge on any atom is 0.129 e. The van der Waals surface area contributed by atoms with Crippen molar-refractivity contribution >= 4 is 22.5 Å². The molecule has 1 N–H and O–H groups in total. The number of fused-ring (bicyclic) bond motifs is 3. The van der Waals surface area contributed by atoms with Crippen LogP contribution in [-0.2, 0) is 19.5 Å². The van der Waals surface area contributed by atoms with E-state index in [0.29, 0.717) is 6.04 Å². The van der Waals surface area contributed by atoms with Gasteiger partial charge in [0.25, 0.3) is 0 Å². The van der Waals surface area contributed by atoms with E-state index in [-0.39, 0.29) is 0 Å². The summed E-state index contributed by atoms with van der Waals surface area (Å²) in [7, 11) is 0. The van der Waals surface area contributed by atoms with Crippen molar-refractivity contribution in [2.45, 2.75) is 51.7 Å². The summed E-state index contributed by atoms with van der Waals surface area (Å²) in [5.41, 5.74) is 7.45. The number of benzene rings is 2. The predicted molar refractivity (Wildman–Crippen MR) is 108 cm³/mol. The Labute approximate surface area is 160 Å². The molecule has 134 valence electrons. The number of halogens is 1. The summed E-state index contributed by atoms with van der Waals surface area (Å²) in [6.45, 7) is 5.69. The van der Waals surface area contributed by atoms with E-state index >= 15 is 0 Å². The Morgan fingerprint density at radius 2 is 2.08 bits per heavy atom. The Balaban J connectivity index is 1.60. The lowest BCUT2D eigenvalue weighted by Crippen LogP contribution is -3.11. The third-order valence-electron chi connectivity index (χ3n) is 6.31. The zero-order chi connectivity index (χ0) is 17.7. The Morgan fingerprint density at radius 3 is 2.96 bits per heavy atom. The number of aromatic nitrogens is 1. The minimum Gasteiger partial charge on any atom is -0.339 e. The summed E-state index contributed by atoms with van der Waals surface area (Å²) in [5, 5.41) is 2.36. The highest BCUT2D eigenvalue weighted by atomic mass is 35.5. The van der Waals surface area contributed by atoms with Gasteiger partial charge in [-0.25, -0.2) is 0 Å². The zero-order valence-electron chi connectivity index (χ0n) is 15.4. The maximum atomic E-state index is 6.24. The molecule has 2 aliphatic rings. The molecule has 1 unspecified atom stereocenters. The van der Waals surface area contributed by atoms with Gasteiger partial charge in [0.2, 0.25) is 0 Å². The van der Waals surface area contributed by atoms with Crippen LogP contribution in [0.25, 0.3) is 10.9 Å². The summed E-state index contributed by atoms with van der Waals surface area (Å²) >= 11 is 6.24.